The summed E-state index contributed by atoms with van der Waals surface area (Å²) in [7, 11) is 3.19. The minimum atomic E-state index is -4.66. The Labute approximate surface area is 155 Å². The van der Waals surface area contributed by atoms with Gasteiger partial charge in [-0.05, 0) is 6.92 Å². The molecule has 0 bridgehead atoms. The van der Waals surface area contributed by atoms with Crippen LogP contribution in [-0.4, -0.2) is 41.6 Å². The van der Waals surface area contributed by atoms with Crippen LogP contribution in [0.15, 0.2) is 18.5 Å². The fraction of sp³-hybridized carbons (Fsp3) is 0.267. The van der Waals surface area contributed by atoms with Gasteiger partial charge in [0.1, 0.15) is 11.4 Å². The van der Waals surface area contributed by atoms with Crippen molar-refractivity contribution >= 4 is 23.2 Å². The lowest BCUT2D eigenvalue weighted by Gasteiger charge is -2.08. The molecule has 0 spiro atoms. The number of H-pyrrole nitrogens is 1. The first-order valence-electron chi connectivity index (χ1n) is 7.84. The Hall–Kier alpha value is -3.64. The quantitative estimate of drug-likeness (QED) is 0.620. The Morgan fingerprint density at radius 1 is 1.04 bits per heavy atom. The van der Waals surface area contributed by atoms with Crippen molar-refractivity contribution < 1.29 is 22.8 Å². The van der Waals surface area contributed by atoms with Crippen molar-refractivity contribution in [2.24, 2.45) is 14.1 Å². The monoisotopic (exact) mass is 396 g/mol. The topological polar surface area (TPSA) is 123 Å². The lowest BCUT2D eigenvalue weighted by Crippen LogP contribution is -2.20. The van der Waals surface area contributed by atoms with Crippen LogP contribution in [-0.2, 0) is 20.3 Å². The largest absolute Gasteiger partial charge is 0.432 e. The number of halogens is 3. The number of aryl methyl sites for hydroxylation is 2. The van der Waals surface area contributed by atoms with Crippen LogP contribution in [0.2, 0.25) is 0 Å². The maximum atomic E-state index is 12.6. The van der Waals surface area contributed by atoms with E-state index in [0.717, 1.165) is 0 Å². The second-order valence-corrected chi connectivity index (χ2v) is 5.87. The number of alkyl halides is 3. The number of carbonyl (C=O) groups excluding carboxylic acids is 2. The van der Waals surface area contributed by atoms with E-state index in [-0.39, 0.29) is 11.4 Å². The molecule has 2 amide bonds. The number of nitrogens with zero attached hydrogens (tertiary/aromatic N) is 5. The van der Waals surface area contributed by atoms with Gasteiger partial charge in [-0.25, -0.2) is 0 Å². The van der Waals surface area contributed by atoms with Crippen molar-refractivity contribution in [3.8, 4) is 0 Å². The number of carbonyl (C=O) groups is 2. The van der Waals surface area contributed by atoms with E-state index in [1.165, 1.54) is 24.1 Å². The van der Waals surface area contributed by atoms with Crippen molar-refractivity contribution in [3.63, 3.8) is 0 Å². The number of aromatic amines is 1. The van der Waals surface area contributed by atoms with Gasteiger partial charge in [-0.2, -0.15) is 28.5 Å². The molecule has 0 saturated carbocycles. The maximum absolute atomic E-state index is 12.6. The number of amides is 2. The molecule has 3 aromatic heterocycles. The van der Waals surface area contributed by atoms with Crippen molar-refractivity contribution in [3.05, 3.63) is 41.2 Å². The zero-order valence-corrected chi connectivity index (χ0v) is 14.9. The van der Waals surface area contributed by atoms with Crippen LogP contribution in [0.25, 0.3) is 0 Å². The molecular formula is C15H15F3N8O2. The third kappa shape index (κ3) is 3.58. The average Bonchev–Trinajstić information content (AvgIpc) is 3.30. The molecule has 0 atom stereocenters. The summed E-state index contributed by atoms with van der Waals surface area (Å²) < 4.78 is 40.7. The summed E-state index contributed by atoms with van der Waals surface area (Å²) in [6.07, 6.45) is -1.99. The zero-order chi connectivity index (χ0) is 20.6. The molecule has 148 valence electrons. The average molecular weight is 396 g/mol. The maximum Gasteiger partial charge on any atom is 0.432 e. The molecule has 3 heterocycles. The SMILES string of the molecule is Cc1c(NC(=O)c2c(NC(=O)c3cc(C(F)(F)F)[nH]n3)cnn2C)cnn1C. The Morgan fingerprint density at radius 3 is 2.21 bits per heavy atom. The third-order valence-electron chi connectivity index (χ3n) is 4.00. The molecule has 28 heavy (non-hydrogen) atoms. The normalized spacial score (nSPS) is 11.5. The molecule has 10 nitrogen and oxygen atoms in total. The van der Waals surface area contributed by atoms with Gasteiger partial charge in [0.05, 0.1) is 29.5 Å². The summed E-state index contributed by atoms with van der Waals surface area (Å²) in [5, 5.41) is 18.0. The molecule has 0 unspecified atom stereocenters. The minimum absolute atomic E-state index is 0.00295. The van der Waals surface area contributed by atoms with E-state index in [4.69, 9.17) is 0 Å². The van der Waals surface area contributed by atoms with E-state index in [0.29, 0.717) is 17.4 Å². The molecule has 0 aliphatic carbocycles. The Bertz CT molecular complexity index is 1050. The summed E-state index contributed by atoms with van der Waals surface area (Å²) in [6.45, 7) is 1.75. The Morgan fingerprint density at radius 2 is 1.64 bits per heavy atom. The number of rotatable bonds is 4. The summed E-state index contributed by atoms with van der Waals surface area (Å²) in [4.78, 5) is 24.8. The van der Waals surface area contributed by atoms with E-state index in [2.05, 4.69) is 25.9 Å². The predicted molar refractivity (Wildman–Crippen MR) is 90.6 cm³/mol. The molecule has 0 fully saturated rings. The number of hydrogen-bond acceptors (Lipinski definition) is 5. The van der Waals surface area contributed by atoms with Crippen molar-refractivity contribution in [1.29, 1.82) is 0 Å². The molecule has 0 aliphatic heterocycles. The van der Waals surface area contributed by atoms with E-state index >= 15 is 0 Å². The van der Waals surface area contributed by atoms with Gasteiger partial charge in [-0.15, -0.1) is 0 Å². The lowest BCUT2D eigenvalue weighted by atomic mass is 10.3. The van der Waals surface area contributed by atoms with Crippen molar-refractivity contribution in [2.45, 2.75) is 13.1 Å². The van der Waals surface area contributed by atoms with Gasteiger partial charge in [0.15, 0.2) is 5.69 Å². The highest BCUT2D eigenvalue weighted by Gasteiger charge is 2.34. The molecule has 0 aliphatic rings. The van der Waals surface area contributed by atoms with Gasteiger partial charge in [0.25, 0.3) is 11.8 Å². The van der Waals surface area contributed by atoms with E-state index in [9.17, 15) is 22.8 Å². The minimum Gasteiger partial charge on any atom is -0.318 e. The van der Waals surface area contributed by atoms with Gasteiger partial charge < -0.3 is 10.6 Å². The molecule has 3 rings (SSSR count). The van der Waals surface area contributed by atoms with Crippen LogP contribution in [0, 0.1) is 6.92 Å². The highest BCUT2D eigenvalue weighted by Crippen LogP contribution is 2.28. The van der Waals surface area contributed by atoms with Crippen LogP contribution < -0.4 is 10.6 Å². The number of nitrogens with one attached hydrogen (secondary N) is 3. The first-order chi connectivity index (χ1) is 13.1. The molecule has 3 N–H and O–H groups in total. The van der Waals surface area contributed by atoms with Crippen LogP contribution in [0.1, 0.15) is 32.4 Å². The molecular weight excluding hydrogens is 381 g/mol. The first kappa shape index (κ1) is 19.1. The Balaban J connectivity index is 1.80. The van der Waals surface area contributed by atoms with Crippen LogP contribution >= 0.6 is 0 Å². The number of aromatic nitrogens is 6. The third-order valence-corrected chi connectivity index (χ3v) is 4.00. The second kappa shape index (κ2) is 6.83. The van der Waals surface area contributed by atoms with E-state index in [1.807, 2.05) is 0 Å². The fourth-order valence-electron chi connectivity index (χ4n) is 2.37. The van der Waals surface area contributed by atoms with Gasteiger partial charge in [0, 0.05) is 20.2 Å². The molecule has 3 aromatic rings. The predicted octanol–water partition coefficient (Wildman–Crippen LogP) is 1.71. The molecule has 0 aromatic carbocycles. The van der Waals surface area contributed by atoms with Gasteiger partial charge in [0.2, 0.25) is 0 Å². The molecule has 0 radical (unpaired) electrons. The summed E-state index contributed by atoms with van der Waals surface area (Å²) >= 11 is 0. The molecule has 13 heteroatoms. The van der Waals surface area contributed by atoms with Gasteiger partial charge in [-0.3, -0.25) is 24.1 Å². The standard InChI is InChI=1S/C15H15F3N8O2/c1-7-9(5-19-25(7)2)21-14(28)12-10(6-20-26(12)3)22-13(27)8-4-11(24-23-8)15(16,17)18/h4-6H,1-3H3,(H,21,28)(H,22,27)(H,23,24). The Kier molecular flexibility index (Phi) is 4.66. The smallest absolute Gasteiger partial charge is 0.318 e. The van der Waals surface area contributed by atoms with Crippen LogP contribution in [0.4, 0.5) is 24.5 Å². The lowest BCUT2D eigenvalue weighted by molar-refractivity contribution is -0.141. The van der Waals surface area contributed by atoms with Crippen LogP contribution in [0.3, 0.4) is 0 Å². The second-order valence-electron chi connectivity index (χ2n) is 5.87. The van der Waals surface area contributed by atoms with Crippen molar-refractivity contribution in [2.75, 3.05) is 10.6 Å². The zero-order valence-electron chi connectivity index (χ0n) is 14.9. The summed E-state index contributed by atoms with van der Waals surface area (Å²) in [5.74, 6) is -1.50. The molecule has 0 saturated heterocycles. The summed E-state index contributed by atoms with van der Waals surface area (Å²) in [5.41, 5.74) is -0.448. The first-order valence-corrected chi connectivity index (χ1v) is 7.84. The van der Waals surface area contributed by atoms with Gasteiger partial charge in [-0.1, -0.05) is 0 Å². The summed E-state index contributed by atoms with van der Waals surface area (Å²) in [6, 6.07) is 0.574. The fourth-order valence-corrected chi connectivity index (χ4v) is 2.37. The number of hydrogen-bond donors (Lipinski definition) is 3. The van der Waals surface area contributed by atoms with E-state index in [1.54, 1.807) is 23.8 Å². The van der Waals surface area contributed by atoms with Crippen molar-refractivity contribution in [1.82, 2.24) is 29.8 Å². The number of anilines is 2. The highest BCUT2D eigenvalue weighted by molar-refractivity contribution is 6.11. The van der Waals surface area contributed by atoms with Crippen LogP contribution in [0.5, 0.6) is 0 Å². The van der Waals surface area contributed by atoms with Gasteiger partial charge >= 0.3 is 6.18 Å². The van der Waals surface area contributed by atoms with E-state index < -0.39 is 29.4 Å². The highest BCUT2D eigenvalue weighted by atomic mass is 19.4.